The Hall–Kier alpha value is -2.32. The minimum Gasteiger partial charge on any atom is -0.343 e. The summed E-state index contributed by atoms with van der Waals surface area (Å²) < 4.78 is 5.18. The van der Waals surface area contributed by atoms with Crippen LogP contribution < -0.4 is 0 Å². The minimum atomic E-state index is 0.499. The zero-order valence-electron chi connectivity index (χ0n) is 14.1. The number of para-hydroxylation sites is 1. The molecule has 5 aromatic rings. The zero-order valence-corrected chi connectivity index (χ0v) is 14.9. The van der Waals surface area contributed by atoms with Gasteiger partial charge < -0.3 is 4.57 Å². The topological polar surface area (TPSA) is 4.93 Å². The number of fused-ring (bicyclic) bond motifs is 7. The fourth-order valence-electron chi connectivity index (χ4n) is 4.02. The van der Waals surface area contributed by atoms with E-state index in [4.69, 9.17) is 0 Å². The molecule has 24 heavy (non-hydrogen) atoms. The maximum absolute atomic E-state index is 2.43. The highest BCUT2D eigenvalue weighted by atomic mass is 32.1. The van der Waals surface area contributed by atoms with Crippen molar-refractivity contribution < 1.29 is 0 Å². The Morgan fingerprint density at radius 2 is 1.58 bits per heavy atom. The lowest BCUT2D eigenvalue weighted by Gasteiger charge is -2.11. The number of aryl methyl sites for hydroxylation is 1. The van der Waals surface area contributed by atoms with Gasteiger partial charge in [0.1, 0.15) is 0 Å². The van der Waals surface area contributed by atoms with Crippen LogP contribution in [0.25, 0.3) is 42.0 Å². The van der Waals surface area contributed by atoms with Crippen molar-refractivity contribution in [2.45, 2.75) is 19.8 Å². The number of hydrogen-bond donors (Lipinski definition) is 0. The van der Waals surface area contributed by atoms with E-state index in [2.05, 4.69) is 80.1 Å². The average Bonchev–Trinajstić information content (AvgIpc) is 3.11. The van der Waals surface area contributed by atoms with E-state index in [0.29, 0.717) is 5.92 Å². The summed E-state index contributed by atoms with van der Waals surface area (Å²) in [5.74, 6) is 0.499. The summed E-state index contributed by atoms with van der Waals surface area (Å²) in [5.41, 5.74) is 4.16. The Morgan fingerprint density at radius 3 is 2.38 bits per heavy atom. The van der Waals surface area contributed by atoms with Gasteiger partial charge in [-0.2, -0.15) is 0 Å². The fraction of sp³-hybridized carbons (Fsp3) is 0.182. The molecule has 0 unspecified atom stereocenters. The average molecular weight is 329 g/mol. The Bertz CT molecular complexity index is 1240. The van der Waals surface area contributed by atoms with E-state index in [1.165, 1.54) is 47.5 Å². The van der Waals surface area contributed by atoms with Gasteiger partial charge in [0.05, 0.1) is 5.52 Å². The first-order valence-electron chi connectivity index (χ1n) is 8.48. The molecule has 0 bridgehead atoms. The van der Waals surface area contributed by atoms with Crippen LogP contribution in [0.4, 0.5) is 0 Å². The standard InChI is InChI=1S/C22H19NS/c1-13(2)16-12-17-14-8-5-7-11-19(14)24-22(17)20-15-9-4-6-10-18(15)23(3)21(16)20/h4-13H,1-3H3. The largest absolute Gasteiger partial charge is 0.343 e. The van der Waals surface area contributed by atoms with Crippen molar-refractivity contribution in [2.24, 2.45) is 7.05 Å². The smallest absolute Gasteiger partial charge is 0.0538 e. The van der Waals surface area contributed by atoms with Crippen molar-refractivity contribution in [3.8, 4) is 0 Å². The van der Waals surface area contributed by atoms with Gasteiger partial charge in [-0.1, -0.05) is 50.2 Å². The molecule has 0 saturated heterocycles. The predicted molar refractivity (Wildman–Crippen MR) is 107 cm³/mol. The Kier molecular flexibility index (Phi) is 2.84. The predicted octanol–water partition coefficient (Wildman–Crippen LogP) is 6.82. The van der Waals surface area contributed by atoms with Crippen molar-refractivity contribution in [3.05, 3.63) is 60.2 Å². The molecule has 2 heterocycles. The third kappa shape index (κ3) is 1.69. The summed E-state index contributed by atoms with van der Waals surface area (Å²) in [7, 11) is 2.20. The van der Waals surface area contributed by atoms with Gasteiger partial charge in [0, 0.05) is 43.5 Å². The first-order chi connectivity index (χ1) is 11.7. The van der Waals surface area contributed by atoms with Gasteiger partial charge in [0.15, 0.2) is 0 Å². The molecular weight excluding hydrogens is 310 g/mol. The third-order valence-corrected chi connectivity index (χ3v) is 6.37. The number of nitrogens with zero attached hydrogens (tertiary/aromatic N) is 1. The molecule has 0 aliphatic rings. The van der Waals surface area contributed by atoms with E-state index in [1.807, 2.05) is 11.3 Å². The van der Waals surface area contributed by atoms with Gasteiger partial charge in [0.2, 0.25) is 0 Å². The molecule has 2 aromatic heterocycles. The van der Waals surface area contributed by atoms with Crippen molar-refractivity contribution in [2.75, 3.05) is 0 Å². The van der Waals surface area contributed by atoms with E-state index in [9.17, 15) is 0 Å². The zero-order chi connectivity index (χ0) is 16.4. The maximum Gasteiger partial charge on any atom is 0.0538 e. The molecule has 0 amide bonds. The van der Waals surface area contributed by atoms with Crippen LogP contribution in [-0.2, 0) is 7.05 Å². The van der Waals surface area contributed by atoms with E-state index >= 15 is 0 Å². The van der Waals surface area contributed by atoms with Crippen LogP contribution in [0.5, 0.6) is 0 Å². The monoisotopic (exact) mass is 329 g/mol. The summed E-state index contributed by atoms with van der Waals surface area (Å²) in [6.07, 6.45) is 0. The van der Waals surface area contributed by atoms with Crippen molar-refractivity contribution in [3.63, 3.8) is 0 Å². The lowest BCUT2D eigenvalue weighted by molar-refractivity contribution is 0.863. The molecule has 0 fully saturated rings. The first kappa shape index (κ1) is 14.1. The summed E-state index contributed by atoms with van der Waals surface area (Å²) in [5, 5.41) is 5.59. The van der Waals surface area contributed by atoms with Crippen molar-refractivity contribution in [1.82, 2.24) is 4.57 Å². The van der Waals surface area contributed by atoms with Crippen LogP contribution in [0.2, 0.25) is 0 Å². The van der Waals surface area contributed by atoms with Crippen LogP contribution in [0.3, 0.4) is 0 Å². The summed E-state index contributed by atoms with van der Waals surface area (Å²) >= 11 is 1.93. The van der Waals surface area contributed by atoms with Gasteiger partial charge in [-0.15, -0.1) is 11.3 Å². The Labute approximate surface area is 145 Å². The summed E-state index contributed by atoms with van der Waals surface area (Å²) in [6.45, 7) is 4.60. The van der Waals surface area contributed by atoms with Crippen LogP contribution in [-0.4, -0.2) is 4.57 Å². The van der Waals surface area contributed by atoms with Crippen LogP contribution >= 0.6 is 11.3 Å². The molecule has 0 aliphatic carbocycles. The van der Waals surface area contributed by atoms with E-state index in [1.54, 1.807) is 0 Å². The minimum absolute atomic E-state index is 0.499. The van der Waals surface area contributed by atoms with Crippen LogP contribution in [0.15, 0.2) is 54.6 Å². The molecule has 0 atom stereocenters. The summed E-state index contributed by atoms with van der Waals surface area (Å²) in [4.78, 5) is 0. The molecular formula is C22H19NS. The second-order valence-corrected chi connectivity index (χ2v) is 7.95. The second kappa shape index (κ2) is 4.84. The molecule has 5 rings (SSSR count). The lowest BCUT2D eigenvalue weighted by atomic mass is 9.97. The summed E-state index contributed by atoms with van der Waals surface area (Å²) in [6, 6.07) is 20.0. The molecule has 0 N–H and O–H groups in total. The van der Waals surface area contributed by atoms with Gasteiger partial charge >= 0.3 is 0 Å². The van der Waals surface area contributed by atoms with Gasteiger partial charge in [0.25, 0.3) is 0 Å². The molecule has 2 heteroatoms. The quantitative estimate of drug-likeness (QED) is 0.318. The van der Waals surface area contributed by atoms with Gasteiger partial charge in [-0.3, -0.25) is 0 Å². The highest BCUT2D eigenvalue weighted by Crippen LogP contribution is 2.44. The highest BCUT2D eigenvalue weighted by Gasteiger charge is 2.19. The highest BCUT2D eigenvalue weighted by molar-refractivity contribution is 7.26. The van der Waals surface area contributed by atoms with E-state index in [0.717, 1.165) is 0 Å². The molecule has 1 nitrogen and oxygen atoms in total. The molecule has 0 aliphatic heterocycles. The first-order valence-corrected chi connectivity index (χ1v) is 9.29. The number of benzene rings is 3. The molecule has 0 spiro atoms. The van der Waals surface area contributed by atoms with Gasteiger partial charge in [-0.05, 0) is 29.7 Å². The number of rotatable bonds is 1. The number of hydrogen-bond acceptors (Lipinski definition) is 1. The molecule has 0 saturated carbocycles. The Balaban J connectivity index is 2.17. The third-order valence-electron chi connectivity index (χ3n) is 5.16. The normalized spacial score (nSPS) is 12.3. The van der Waals surface area contributed by atoms with Crippen molar-refractivity contribution in [1.29, 1.82) is 0 Å². The number of thiophene rings is 1. The van der Waals surface area contributed by atoms with E-state index < -0.39 is 0 Å². The van der Waals surface area contributed by atoms with Gasteiger partial charge in [-0.25, -0.2) is 0 Å². The van der Waals surface area contributed by atoms with Crippen molar-refractivity contribution >= 4 is 53.3 Å². The molecule has 118 valence electrons. The fourth-order valence-corrected chi connectivity index (χ4v) is 5.26. The van der Waals surface area contributed by atoms with Crippen LogP contribution in [0, 0.1) is 0 Å². The SMILES string of the molecule is CC(C)c1cc2c3ccccc3sc2c2c3ccccc3n(C)c12. The lowest BCUT2D eigenvalue weighted by Crippen LogP contribution is -1.95. The number of aromatic nitrogens is 1. The molecule has 3 aromatic carbocycles. The maximum atomic E-state index is 2.43. The molecule has 0 radical (unpaired) electrons. The Morgan fingerprint density at radius 1 is 0.875 bits per heavy atom. The van der Waals surface area contributed by atoms with Crippen LogP contribution in [0.1, 0.15) is 25.3 Å². The second-order valence-electron chi connectivity index (χ2n) is 6.90. The van der Waals surface area contributed by atoms with E-state index in [-0.39, 0.29) is 0 Å².